The smallest absolute Gasteiger partial charge is 0.238 e. The van der Waals surface area contributed by atoms with Crippen LogP contribution in [0.1, 0.15) is 33.1 Å². The molecule has 18 heavy (non-hydrogen) atoms. The van der Waals surface area contributed by atoms with E-state index in [1.54, 1.807) is 18.9 Å². The molecule has 2 rings (SSSR count). The minimum atomic E-state index is -0.0111. The van der Waals surface area contributed by atoms with Crippen LogP contribution in [0.3, 0.4) is 0 Å². The van der Waals surface area contributed by atoms with Gasteiger partial charge in [-0.25, -0.2) is 0 Å². The first-order chi connectivity index (χ1) is 8.67. The standard InChI is InChI=1S/C13H24N2O2S/c1-4-13(5-2)10(6-11(13)17-3)15-12(16)9-7-18-8-14-9/h9-11,14H,4-8H2,1-3H3,(H,15,16). The number of ether oxygens (including phenoxy) is 1. The zero-order valence-electron chi connectivity index (χ0n) is 11.5. The number of hydrogen-bond donors (Lipinski definition) is 2. The SMILES string of the molecule is CCC1(CC)C(NC(=O)C2CSCN2)CC1OC. The summed E-state index contributed by atoms with van der Waals surface area (Å²) >= 11 is 1.78. The lowest BCUT2D eigenvalue weighted by Crippen LogP contribution is -2.65. The van der Waals surface area contributed by atoms with Gasteiger partial charge in [-0.15, -0.1) is 11.8 Å². The van der Waals surface area contributed by atoms with Crippen LogP contribution < -0.4 is 10.6 Å². The molecule has 1 aliphatic carbocycles. The molecule has 3 unspecified atom stereocenters. The van der Waals surface area contributed by atoms with Gasteiger partial charge in [0.2, 0.25) is 5.91 Å². The predicted octanol–water partition coefficient (Wildman–Crippen LogP) is 1.36. The van der Waals surface area contributed by atoms with E-state index in [2.05, 4.69) is 24.5 Å². The van der Waals surface area contributed by atoms with Gasteiger partial charge in [-0.3, -0.25) is 10.1 Å². The average molecular weight is 272 g/mol. The Bertz CT molecular complexity index is 301. The Hall–Kier alpha value is -0.260. The van der Waals surface area contributed by atoms with Gasteiger partial charge in [0.25, 0.3) is 0 Å². The first kappa shape index (κ1) is 14.2. The second kappa shape index (κ2) is 5.80. The topological polar surface area (TPSA) is 50.4 Å². The Kier molecular flexibility index (Phi) is 4.56. The molecule has 0 aromatic heterocycles. The summed E-state index contributed by atoms with van der Waals surface area (Å²) in [4.78, 5) is 12.1. The van der Waals surface area contributed by atoms with Crippen LogP contribution in [0.4, 0.5) is 0 Å². The third-order valence-electron chi connectivity index (χ3n) is 4.74. The molecule has 3 atom stereocenters. The largest absolute Gasteiger partial charge is 0.381 e. The predicted molar refractivity (Wildman–Crippen MR) is 74.6 cm³/mol. The molecule has 1 aliphatic heterocycles. The molecule has 1 saturated carbocycles. The van der Waals surface area contributed by atoms with E-state index in [1.165, 1.54) is 0 Å². The van der Waals surface area contributed by atoms with E-state index >= 15 is 0 Å². The zero-order chi connectivity index (χ0) is 13.2. The molecule has 1 amide bonds. The van der Waals surface area contributed by atoms with Gasteiger partial charge in [0.15, 0.2) is 0 Å². The number of methoxy groups -OCH3 is 1. The van der Waals surface area contributed by atoms with Crippen molar-refractivity contribution in [1.29, 1.82) is 0 Å². The van der Waals surface area contributed by atoms with Crippen LogP contribution >= 0.6 is 11.8 Å². The molecule has 1 heterocycles. The van der Waals surface area contributed by atoms with E-state index in [0.717, 1.165) is 30.9 Å². The highest BCUT2D eigenvalue weighted by Gasteiger charge is 2.53. The van der Waals surface area contributed by atoms with Crippen LogP contribution in [0.5, 0.6) is 0 Å². The van der Waals surface area contributed by atoms with Gasteiger partial charge in [0, 0.05) is 30.2 Å². The molecule has 2 fully saturated rings. The van der Waals surface area contributed by atoms with Crippen molar-refractivity contribution in [2.24, 2.45) is 5.41 Å². The van der Waals surface area contributed by atoms with Gasteiger partial charge in [0.1, 0.15) is 0 Å². The van der Waals surface area contributed by atoms with Gasteiger partial charge in [0.05, 0.1) is 12.1 Å². The molecule has 0 aromatic rings. The van der Waals surface area contributed by atoms with Crippen LogP contribution in [0, 0.1) is 5.41 Å². The molecule has 104 valence electrons. The second-order valence-electron chi connectivity index (χ2n) is 5.23. The minimum absolute atomic E-state index is 0.0111. The zero-order valence-corrected chi connectivity index (χ0v) is 12.3. The van der Waals surface area contributed by atoms with Crippen LogP contribution in [-0.4, -0.2) is 42.8 Å². The van der Waals surface area contributed by atoms with Crippen LogP contribution in [0.25, 0.3) is 0 Å². The average Bonchev–Trinajstić information content (AvgIpc) is 2.89. The van der Waals surface area contributed by atoms with Gasteiger partial charge >= 0.3 is 0 Å². The molecule has 0 radical (unpaired) electrons. The van der Waals surface area contributed by atoms with Gasteiger partial charge in [-0.2, -0.15) is 0 Å². The highest BCUT2D eigenvalue weighted by molar-refractivity contribution is 7.99. The van der Waals surface area contributed by atoms with Crippen molar-refractivity contribution >= 4 is 17.7 Å². The summed E-state index contributed by atoms with van der Waals surface area (Å²) in [6.07, 6.45) is 3.35. The van der Waals surface area contributed by atoms with E-state index < -0.39 is 0 Å². The monoisotopic (exact) mass is 272 g/mol. The fourth-order valence-electron chi connectivity index (χ4n) is 3.32. The number of thioether (sulfide) groups is 1. The highest BCUT2D eigenvalue weighted by Crippen LogP contribution is 2.48. The summed E-state index contributed by atoms with van der Waals surface area (Å²) in [6, 6.07) is 0.264. The number of carbonyl (C=O) groups is 1. The summed E-state index contributed by atoms with van der Waals surface area (Å²) in [5.41, 5.74) is 0.135. The van der Waals surface area contributed by atoms with E-state index in [9.17, 15) is 4.79 Å². The van der Waals surface area contributed by atoms with Crippen molar-refractivity contribution in [3.63, 3.8) is 0 Å². The third-order valence-corrected chi connectivity index (χ3v) is 5.68. The lowest BCUT2D eigenvalue weighted by Gasteiger charge is -2.55. The van der Waals surface area contributed by atoms with Gasteiger partial charge in [-0.1, -0.05) is 13.8 Å². The Labute approximate surface area is 114 Å². The second-order valence-corrected chi connectivity index (χ2v) is 6.26. The molecule has 0 spiro atoms. The molecule has 0 bridgehead atoms. The first-order valence-electron chi connectivity index (χ1n) is 6.82. The molecule has 0 aromatic carbocycles. The number of hydrogen-bond acceptors (Lipinski definition) is 4. The number of nitrogens with one attached hydrogen (secondary N) is 2. The van der Waals surface area contributed by atoms with E-state index in [4.69, 9.17) is 4.74 Å². The van der Waals surface area contributed by atoms with Gasteiger partial charge in [-0.05, 0) is 19.3 Å². The van der Waals surface area contributed by atoms with Gasteiger partial charge < -0.3 is 10.1 Å². The highest BCUT2D eigenvalue weighted by atomic mass is 32.2. The third kappa shape index (κ3) is 2.28. The quantitative estimate of drug-likeness (QED) is 0.793. The summed E-state index contributed by atoms with van der Waals surface area (Å²) in [7, 11) is 1.78. The number of rotatable bonds is 5. The van der Waals surface area contributed by atoms with Crippen LogP contribution in [0.15, 0.2) is 0 Å². The molecular weight excluding hydrogens is 248 g/mol. The number of amides is 1. The first-order valence-corrected chi connectivity index (χ1v) is 7.97. The van der Waals surface area contributed by atoms with Crippen molar-refractivity contribution in [2.75, 3.05) is 18.7 Å². The van der Waals surface area contributed by atoms with Crippen LogP contribution in [-0.2, 0) is 9.53 Å². The maximum atomic E-state index is 12.1. The van der Waals surface area contributed by atoms with Crippen LogP contribution in [0.2, 0.25) is 0 Å². The van der Waals surface area contributed by atoms with E-state index in [-0.39, 0.29) is 23.4 Å². The van der Waals surface area contributed by atoms with E-state index in [1.807, 2.05) is 0 Å². The Balaban J connectivity index is 1.95. The Morgan fingerprint density at radius 1 is 1.50 bits per heavy atom. The summed E-state index contributed by atoms with van der Waals surface area (Å²) < 4.78 is 5.55. The fraction of sp³-hybridized carbons (Fsp3) is 0.923. The lowest BCUT2D eigenvalue weighted by molar-refractivity contribution is -0.142. The van der Waals surface area contributed by atoms with Crippen molar-refractivity contribution in [2.45, 2.75) is 51.3 Å². The Morgan fingerprint density at radius 2 is 2.22 bits per heavy atom. The molecule has 1 saturated heterocycles. The number of carbonyl (C=O) groups excluding carboxylic acids is 1. The van der Waals surface area contributed by atoms with E-state index in [0.29, 0.717) is 6.10 Å². The summed E-state index contributed by atoms with van der Waals surface area (Å²) in [5.74, 6) is 1.93. The maximum Gasteiger partial charge on any atom is 0.238 e. The molecule has 2 aliphatic rings. The Morgan fingerprint density at radius 3 is 2.72 bits per heavy atom. The molecule has 2 N–H and O–H groups in total. The van der Waals surface area contributed by atoms with Crippen molar-refractivity contribution in [3.8, 4) is 0 Å². The normalized spacial score (nSPS) is 34.1. The summed E-state index contributed by atoms with van der Waals surface area (Å²) in [5, 5.41) is 6.44. The minimum Gasteiger partial charge on any atom is -0.381 e. The lowest BCUT2D eigenvalue weighted by atomic mass is 9.58. The summed E-state index contributed by atoms with van der Waals surface area (Å²) in [6.45, 7) is 4.38. The molecule has 5 heteroatoms. The maximum absolute atomic E-state index is 12.1. The van der Waals surface area contributed by atoms with Crippen molar-refractivity contribution in [3.05, 3.63) is 0 Å². The van der Waals surface area contributed by atoms with Crippen molar-refractivity contribution < 1.29 is 9.53 Å². The fourth-order valence-corrected chi connectivity index (χ4v) is 4.26. The molecule has 4 nitrogen and oxygen atoms in total. The van der Waals surface area contributed by atoms with Crippen molar-refractivity contribution in [1.82, 2.24) is 10.6 Å². The molecular formula is C13H24N2O2S.